The van der Waals surface area contributed by atoms with Crippen LogP contribution in [0.4, 0.5) is 0 Å². The minimum atomic E-state index is -0.695. The summed E-state index contributed by atoms with van der Waals surface area (Å²) < 4.78 is 6.87. The van der Waals surface area contributed by atoms with E-state index in [2.05, 4.69) is 33.4 Å². The third-order valence-electron chi connectivity index (χ3n) is 3.82. The molecule has 0 saturated carbocycles. The largest absolute Gasteiger partial charge is 0.491 e. The average Bonchev–Trinajstić information content (AvgIpc) is 2.46. The number of ether oxygens (including phenoxy) is 1. The predicted molar refractivity (Wildman–Crippen MR) is 84.2 cm³/mol. The number of nitrogens with one attached hydrogen (secondary N) is 1. The molecule has 3 nitrogen and oxygen atoms in total. The van der Waals surface area contributed by atoms with Gasteiger partial charge in [-0.1, -0.05) is 28.1 Å². The van der Waals surface area contributed by atoms with Gasteiger partial charge in [0.05, 0.1) is 0 Å². The van der Waals surface area contributed by atoms with Gasteiger partial charge in [-0.05, 0) is 61.0 Å². The van der Waals surface area contributed by atoms with Gasteiger partial charge in [0.2, 0.25) is 0 Å². The Morgan fingerprint density at radius 2 is 1.80 bits per heavy atom. The average molecular weight is 336 g/mol. The quantitative estimate of drug-likeness (QED) is 0.905. The highest BCUT2D eigenvalue weighted by Gasteiger charge is 2.29. The van der Waals surface area contributed by atoms with Crippen LogP contribution in [-0.2, 0) is 0 Å². The van der Waals surface area contributed by atoms with E-state index >= 15 is 0 Å². The van der Waals surface area contributed by atoms with Crippen molar-refractivity contribution in [1.82, 2.24) is 5.32 Å². The van der Waals surface area contributed by atoms with Crippen molar-refractivity contribution in [2.75, 3.05) is 19.7 Å². The van der Waals surface area contributed by atoms with Gasteiger partial charge in [0.25, 0.3) is 0 Å². The molecule has 1 saturated heterocycles. The first-order valence-electron chi connectivity index (χ1n) is 6.90. The predicted octanol–water partition coefficient (Wildman–Crippen LogP) is 3.10. The van der Waals surface area contributed by atoms with E-state index in [4.69, 9.17) is 4.74 Å². The number of benzene rings is 2. The first kappa shape index (κ1) is 13.9. The summed E-state index contributed by atoms with van der Waals surface area (Å²) >= 11 is 3.47. The zero-order valence-electron chi connectivity index (χ0n) is 11.2. The Bertz CT molecular complexity index is 608. The first-order valence-corrected chi connectivity index (χ1v) is 7.69. The van der Waals surface area contributed by atoms with E-state index in [0.717, 1.165) is 41.5 Å². The van der Waals surface area contributed by atoms with Crippen LogP contribution >= 0.6 is 15.9 Å². The third-order valence-corrected chi connectivity index (χ3v) is 4.31. The van der Waals surface area contributed by atoms with Gasteiger partial charge in [-0.25, -0.2) is 0 Å². The maximum Gasteiger partial charge on any atom is 0.120 e. The zero-order chi connectivity index (χ0) is 14.0. The highest BCUT2D eigenvalue weighted by Crippen LogP contribution is 2.26. The molecule has 2 aromatic rings. The number of hydrogen-bond donors (Lipinski definition) is 2. The lowest BCUT2D eigenvalue weighted by Crippen LogP contribution is -2.45. The van der Waals surface area contributed by atoms with Gasteiger partial charge in [0.15, 0.2) is 0 Å². The van der Waals surface area contributed by atoms with Crippen LogP contribution in [0.15, 0.2) is 40.9 Å². The molecule has 2 N–H and O–H groups in total. The molecule has 3 rings (SSSR count). The van der Waals surface area contributed by atoms with Crippen molar-refractivity contribution >= 4 is 26.7 Å². The number of halogens is 1. The van der Waals surface area contributed by atoms with E-state index < -0.39 is 5.60 Å². The molecule has 0 radical (unpaired) electrons. The minimum absolute atomic E-state index is 0.358. The summed E-state index contributed by atoms with van der Waals surface area (Å²) in [4.78, 5) is 0. The fourth-order valence-corrected chi connectivity index (χ4v) is 2.92. The number of piperidine rings is 1. The van der Waals surface area contributed by atoms with Gasteiger partial charge in [0, 0.05) is 4.47 Å². The fraction of sp³-hybridized carbons (Fsp3) is 0.375. The summed E-state index contributed by atoms with van der Waals surface area (Å²) in [6, 6.07) is 12.2. The zero-order valence-corrected chi connectivity index (χ0v) is 12.8. The molecule has 106 valence electrons. The second kappa shape index (κ2) is 5.72. The first-order chi connectivity index (χ1) is 9.65. The van der Waals surface area contributed by atoms with Crippen LogP contribution in [0.1, 0.15) is 12.8 Å². The van der Waals surface area contributed by atoms with E-state index in [1.165, 1.54) is 5.39 Å². The lowest BCUT2D eigenvalue weighted by Gasteiger charge is -2.32. The normalized spacial score (nSPS) is 18.1. The molecule has 4 heteroatoms. The minimum Gasteiger partial charge on any atom is -0.491 e. The van der Waals surface area contributed by atoms with Crippen LogP contribution in [0.25, 0.3) is 10.8 Å². The Morgan fingerprint density at radius 3 is 2.60 bits per heavy atom. The van der Waals surface area contributed by atoms with Crippen LogP contribution in [0.5, 0.6) is 5.75 Å². The van der Waals surface area contributed by atoms with Crippen molar-refractivity contribution < 1.29 is 9.84 Å². The Balaban J connectivity index is 1.72. The summed E-state index contributed by atoms with van der Waals surface area (Å²) in [6.45, 7) is 2.06. The summed E-state index contributed by atoms with van der Waals surface area (Å²) in [7, 11) is 0. The number of fused-ring (bicyclic) bond motifs is 1. The molecule has 1 heterocycles. The fourth-order valence-electron chi connectivity index (χ4n) is 2.54. The molecular formula is C16H18BrNO2. The third kappa shape index (κ3) is 3.14. The molecule has 0 atom stereocenters. The van der Waals surface area contributed by atoms with Gasteiger partial charge in [0.1, 0.15) is 18.0 Å². The van der Waals surface area contributed by atoms with E-state index in [0.29, 0.717) is 6.61 Å². The molecule has 1 aliphatic rings. The maximum absolute atomic E-state index is 10.4. The lowest BCUT2D eigenvalue weighted by atomic mass is 9.93. The summed E-state index contributed by atoms with van der Waals surface area (Å²) in [6.07, 6.45) is 1.49. The standard InChI is InChI=1S/C16H18BrNO2/c17-14-3-1-13-10-15(4-2-12(13)9-14)20-11-16(19)5-7-18-8-6-16/h1-4,9-10,18-19H,5-8,11H2. The molecule has 0 bridgehead atoms. The summed E-state index contributed by atoms with van der Waals surface area (Å²) in [5, 5.41) is 16.0. The van der Waals surface area contributed by atoms with Crippen molar-refractivity contribution in [2.45, 2.75) is 18.4 Å². The van der Waals surface area contributed by atoms with E-state index in [9.17, 15) is 5.11 Å². The number of aliphatic hydroxyl groups is 1. The van der Waals surface area contributed by atoms with Gasteiger partial charge in [-0.3, -0.25) is 0 Å². The Hall–Kier alpha value is -1.10. The number of rotatable bonds is 3. The van der Waals surface area contributed by atoms with Gasteiger partial charge in [-0.2, -0.15) is 0 Å². The second-order valence-electron chi connectivity index (χ2n) is 5.42. The van der Waals surface area contributed by atoms with E-state index in [1.54, 1.807) is 0 Å². The Kier molecular flexibility index (Phi) is 3.96. The van der Waals surface area contributed by atoms with Crippen LogP contribution in [0, 0.1) is 0 Å². The molecule has 0 spiro atoms. The monoisotopic (exact) mass is 335 g/mol. The topological polar surface area (TPSA) is 41.5 Å². The van der Waals surface area contributed by atoms with E-state index in [1.807, 2.05) is 24.3 Å². The van der Waals surface area contributed by atoms with Crippen molar-refractivity contribution in [3.05, 3.63) is 40.9 Å². The second-order valence-corrected chi connectivity index (χ2v) is 6.33. The van der Waals surface area contributed by atoms with Crippen LogP contribution in [0.2, 0.25) is 0 Å². The van der Waals surface area contributed by atoms with Gasteiger partial charge < -0.3 is 15.2 Å². The smallest absolute Gasteiger partial charge is 0.120 e. The molecule has 1 fully saturated rings. The molecular weight excluding hydrogens is 318 g/mol. The van der Waals surface area contributed by atoms with Crippen molar-refractivity contribution in [3.63, 3.8) is 0 Å². The molecule has 0 aromatic heterocycles. The van der Waals surface area contributed by atoms with Crippen molar-refractivity contribution in [1.29, 1.82) is 0 Å². The van der Waals surface area contributed by atoms with Crippen molar-refractivity contribution in [3.8, 4) is 5.75 Å². The van der Waals surface area contributed by atoms with Crippen LogP contribution < -0.4 is 10.1 Å². The maximum atomic E-state index is 10.4. The lowest BCUT2D eigenvalue weighted by molar-refractivity contribution is -0.0285. The molecule has 0 unspecified atom stereocenters. The summed E-state index contributed by atoms with van der Waals surface area (Å²) in [5.74, 6) is 0.812. The van der Waals surface area contributed by atoms with Gasteiger partial charge in [-0.15, -0.1) is 0 Å². The Morgan fingerprint density at radius 1 is 1.10 bits per heavy atom. The number of hydrogen-bond acceptors (Lipinski definition) is 3. The molecule has 2 aromatic carbocycles. The molecule has 1 aliphatic heterocycles. The SMILES string of the molecule is OC1(COc2ccc3cc(Br)ccc3c2)CCNCC1. The van der Waals surface area contributed by atoms with Crippen LogP contribution in [-0.4, -0.2) is 30.4 Å². The Labute approximate surface area is 127 Å². The molecule has 20 heavy (non-hydrogen) atoms. The highest BCUT2D eigenvalue weighted by atomic mass is 79.9. The molecule has 0 aliphatic carbocycles. The summed E-state index contributed by atoms with van der Waals surface area (Å²) in [5.41, 5.74) is -0.695. The van der Waals surface area contributed by atoms with Crippen LogP contribution in [0.3, 0.4) is 0 Å². The van der Waals surface area contributed by atoms with E-state index in [-0.39, 0.29) is 0 Å². The van der Waals surface area contributed by atoms with Crippen molar-refractivity contribution in [2.24, 2.45) is 0 Å². The molecule has 0 amide bonds. The van der Waals surface area contributed by atoms with Gasteiger partial charge >= 0.3 is 0 Å². The highest BCUT2D eigenvalue weighted by molar-refractivity contribution is 9.10.